The van der Waals surface area contributed by atoms with E-state index >= 15 is 0 Å². The molecule has 1 N–H and O–H groups in total. The molecular formula is C23H29N3O3. The molecule has 2 heterocycles. The normalized spacial score (nSPS) is 16.5. The van der Waals surface area contributed by atoms with Crippen molar-refractivity contribution in [3.63, 3.8) is 0 Å². The molecular weight excluding hydrogens is 366 g/mol. The number of ether oxygens (including phenoxy) is 2. The van der Waals surface area contributed by atoms with Crippen LogP contribution in [0.4, 0.5) is 16.2 Å². The fourth-order valence-corrected chi connectivity index (χ4v) is 3.84. The number of nitrogens with zero attached hydrogens (tertiary/aromatic N) is 2. The van der Waals surface area contributed by atoms with Gasteiger partial charge in [-0.15, -0.1) is 0 Å². The number of piperazine rings is 1. The summed E-state index contributed by atoms with van der Waals surface area (Å²) in [6.45, 7) is 10.6. The first-order valence-corrected chi connectivity index (χ1v) is 10.2. The molecule has 0 saturated carbocycles. The Balaban J connectivity index is 1.38. The Morgan fingerprint density at radius 2 is 1.62 bits per heavy atom. The Morgan fingerprint density at radius 3 is 2.34 bits per heavy atom. The Hall–Kier alpha value is -2.89. The van der Waals surface area contributed by atoms with E-state index in [1.807, 2.05) is 35.2 Å². The van der Waals surface area contributed by atoms with Crippen LogP contribution in [0.25, 0.3) is 0 Å². The van der Waals surface area contributed by atoms with Gasteiger partial charge in [0.15, 0.2) is 11.5 Å². The molecule has 0 aromatic heterocycles. The topological polar surface area (TPSA) is 54.0 Å². The van der Waals surface area contributed by atoms with Crippen LogP contribution in [-0.2, 0) is 5.41 Å². The molecule has 4 rings (SSSR count). The largest absolute Gasteiger partial charge is 0.486 e. The van der Waals surface area contributed by atoms with E-state index < -0.39 is 0 Å². The van der Waals surface area contributed by atoms with E-state index in [2.05, 4.69) is 43.1 Å². The van der Waals surface area contributed by atoms with Crippen LogP contribution in [0.15, 0.2) is 42.5 Å². The average Bonchev–Trinajstić information content (AvgIpc) is 2.73. The van der Waals surface area contributed by atoms with Crippen LogP contribution in [-0.4, -0.2) is 50.3 Å². The van der Waals surface area contributed by atoms with Crippen molar-refractivity contribution in [2.75, 3.05) is 49.6 Å². The fraction of sp³-hybridized carbons (Fsp3) is 0.435. The van der Waals surface area contributed by atoms with Gasteiger partial charge in [-0.1, -0.05) is 39.0 Å². The van der Waals surface area contributed by atoms with E-state index in [0.717, 1.165) is 41.5 Å². The van der Waals surface area contributed by atoms with Crippen molar-refractivity contribution >= 4 is 17.4 Å². The van der Waals surface area contributed by atoms with Crippen molar-refractivity contribution in [1.82, 2.24) is 4.90 Å². The summed E-state index contributed by atoms with van der Waals surface area (Å²) in [5.41, 5.74) is 3.11. The number of carbonyl (C=O) groups excluding carboxylic acids is 1. The second-order valence-electron chi connectivity index (χ2n) is 8.53. The molecule has 0 bridgehead atoms. The first kappa shape index (κ1) is 19.4. The summed E-state index contributed by atoms with van der Waals surface area (Å²) in [5.74, 6) is 1.60. The predicted octanol–water partition coefficient (Wildman–Crippen LogP) is 4.11. The molecule has 0 atom stereocenters. The third-order valence-electron chi connectivity index (χ3n) is 5.43. The lowest BCUT2D eigenvalue weighted by Crippen LogP contribution is -2.50. The summed E-state index contributed by atoms with van der Waals surface area (Å²) >= 11 is 0. The highest BCUT2D eigenvalue weighted by Gasteiger charge is 2.24. The summed E-state index contributed by atoms with van der Waals surface area (Å²) in [7, 11) is 0. The van der Waals surface area contributed by atoms with Crippen LogP contribution in [0.1, 0.15) is 26.3 Å². The molecule has 0 unspecified atom stereocenters. The molecule has 2 aliphatic rings. The predicted molar refractivity (Wildman–Crippen MR) is 115 cm³/mol. The lowest BCUT2D eigenvalue weighted by molar-refractivity contribution is 0.171. The number of fused-ring (bicyclic) bond motifs is 1. The molecule has 6 nitrogen and oxygen atoms in total. The van der Waals surface area contributed by atoms with Gasteiger partial charge in [0.1, 0.15) is 13.2 Å². The zero-order valence-electron chi connectivity index (χ0n) is 17.4. The van der Waals surface area contributed by atoms with Gasteiger partial charge in [0, 0.05) is 43.6 Å². The monoisotopic (exact) mass is 395 g/mol. The second kappa shape index (κ2) is 7.85. The summed E-state index contributed by atoms with van der Waals surface area (Å²) < 4.78 is 11.3. The highest BCUT2D eigenvalue weighted by atomic mass is 16.6. The summed E-state index contributed by atoms with van der Waals surface area (Å²) in [6, 6.07) is 14.1. The van der Waals surface area contributed by atoms with E-state index in [1.165, 1.54) is 0 Å². The minimum absolute atomic E-state index is 0.0270. The molecule has 0 radical (unpaired) electrons. The first-order chi connectivity index (χ1) is 13.9. The molecule has 2 aliphatic heterocycles. The number of nitrogens with one attached hydrogen (secondary N) is 1. The molecule has 2 aromatic carbocycles. The Morgan fingerprint density at radius 1 is 0.931 bits per heavy atom. The van der Waals surface area contributed by atoms with Gasteiger partial charge in [0.2, 0.25) is 0 Å². The van der Waals surface area contributed by atoms with Crippen molar-refractivity contribution in [3.05, 3.63) is 48.0 Å². The van der Waals surface area contributed by atoms with Crippen LogP contribution in [0.2, 0.25) is 0 Å². The second-order valence-corrected chi connectivity index (χ2v) is 8.53. The van der Waals surface area contributed by atoms with Gasteiger partial charge in [-0.2, -0.15) is 0 Å². The smallest absolute Gasteiger partial charge is 0.321 e. The Bertz CT molecular complexity index is 883. The highest BCUT2D eigenvalue weighted by Crippen LogP contribution is 2.34. The number of urea groups is 1. The van der Waals surface area contributed by atoms with Crippen LogP contribution >= 0.6 is 0 Å². The zero-order chi connectivity index (χ0) is 20.4. The maximum absolute atomic E-state index is 12.8. The minimum atomic E-state index is -0.0384. The van der Waals surface area contributed by atoms with Crippen molar-refractivity contribution < 1.29 is 14.3 Å². The van der Waals surface area contributed by atoms with E-state index in [4.69, 9.17) is 9.47 Å². The summed E-state index contributed by atoms with van der Waals surface area (Å²) in [4.78, 5) is 17.0. The minimum Gasteiger partial charge on any atom is -0.486 e. The van der Waals surface area contributed by atoms with E-state index in [1.54, 1.807) is 0 Å². The SMILES string of the molecule is CC(C)(C)c1ccccc1NC(=O)N1CCN(c2ccc3c(c2)OCCO3)CC1. The van der Waals surface area contributed by atoms with Gasteiger partial charge < -0.3 is 24.6 Å². The van der Waals surface area contributed by atoms with E-state index in [9.17, 15) is 4.79 Å². The molecule has 6 heteroatoms. The lowest BCUT2D eigenvalue weighted by Gasteiger charge is -2.36. The number of hydrogen-bond acceptors (Lipinski definition) is 4. The summed E-state index contributed by atoms with van der Waals surface area (Å²) in [5, 5.41) is 3.11. The standard InChI is InChI=1S/C23H29N3O3/c1-23(2,3)18-6-4-5-7-19(18)24-22(27)26-12-10-25(11-13-26)17-8-9-20-21(16-17)29-15-14-28-20/h4-9,16H,10-15H2,1-3H3,(H,24,27). The Kier molecular flexibility index (Phi) is 5.26. The van der Waals surface area contributed by atoms with Crippen LogP contribution in [0.3, 0.4) is 0 Å². The number of hydrogen-bond donors (Lipinski definition) is 1. The number of para-hydroxylation sites is 1. The number of rotatable bonds is 2. The first-order valence-electron chi connectivity index (χ1n) is 10.2. The van der Waals surface area contributed by atoms with Gasteiger partial charge in [0.05, 0.1) is 0 Å². The zero-order valence-corrected chi connectivity index (χ0v) is 17.4. The van der Waals surface area contributed by atoms with Gasteiger partial charge in [-0.05, 0) is 29.2 Å². The maximum atomic E-state index is 12.8. The quantitative estimate of drug-likeness (QED) is 0.832. The third-order valence-corrected chi connectivity index (χ3v) is 5.43. The average molecular weight is 396 g/mol. The van der Waals surface area contributed by atoms with Crippen molar-refractivity contribution in [2.24, 2.45) is 0 Å². The van der Waals surface area contributed by atoms with Gasteiger partial charge in [-0.3, -0.25) is 0 Å². The van der Waals surface area contributed by atoms with Crippen molar-refractivity contribution in [3.8, 4) is 11.5 Å². The van der Waals surface area contributed by atoms with Gasteiger partial charge in [0.25, 0.3) is 0 Å². The molecule has 1 fully saturated rings. The number of anilines is 2. The number of amides is 2. The number of benzene rings is 2. The third kappa shape index (κ3) is 4.26. The van der Waals surface area contributed by atoms with Crippen LogP contribution in [0.5, 0.6) is 11.5 Å². The number of carbonyl (C=O) groups is 1. The molecule has 0 spiro atoms. The molecule has 2 amide bonds. The summed E-state index contributed by atoms with van der Waals surface area (Å²) in [6.07, 6.45) is 0. The van der Waals surface area contributed by atoms with E-state index in [0.29, 0.717) is 26.3 Å². The molecule has 154 valence electrons. The molecule has 0 aliphatic carbocycles. The fourth-order valence-electron chi connectivity index (χ4n) is 3.84. The van der Waals surface area contributed by atoms with Crippen molar-refractivity contribution in [2.45, 2.75) is 26.2 Å². The van der Waals surface area contributed by atoms with Crippen LogP contribution < -0.4 is 19.7 Å². The molecule has 1 saturated heterocycles. The van der Waals surface area contributed by atoms with Crippen LogP contribution in [0, 0.1) is 0 Å². The lowest BCUT2D eigenvalue weighted by atomic mass is 9.86. The Labute approximate surface area is 172 Å². The van der Waals surface area contributed by atoms with Gasteiger partial charge >= 0.3 is 6.03 Å². The molecule has 2 aromatic rings. The highest BCUT2D eigenvalue weighted by molar-refractivity contribution is 5.90. The van der Waals surface area contributed by atoms with E-state index in [-0.39, 0.29) is 11.4 Å². The molecule has 29 heavy (non-hydrogen) atoms. The van der Waals surface area contributed by atoms with Crippen molar-refractivity contribution in [1.29, 1.82) is 0 Å². The van der Waals surface area contributed by atoms with Gasteiger partial charge in [-0.25, -0.2) is 4.79 Å². The maximum Gasteiger partial charge on any atom is 0.321 e.